The smallest absolute Gasteiger partial charge is 0.333 e. The molecule has 1 rings (SSSR count). The van der Waals surface area contributed by atoms with Crippen molar-refractivity contribution in [2.75, 3.05) is 13.7 Å². The van der Waals surface area contributed by atoms with Crippen molar-refractivity contribution in [3.63, 3.8) is 0 Å². The molecule has 0 aliphatic heterocycles. The Morgan fingerprint density at radius 1 is 1.17 bits per heavy atom. The molecule has 0 radical (unpaired) electrons. The van der Waals surface area contributed by atoms with Crippen molar-refractivity contribution in [3.05, 3.63) is 35.9 Å². The maximum atomic E-state index is 11.8. The van der Waals surface area contributed by atoms with Gasteiger partial charge in [0.2, 0.25) is 6.29 Å². The second-order valence-electron chi connectivity index (χ2n) is 5.60. The topological polar surface area (TPSA) is 85.2 Å². The number of esters is 1. The van der Waals surface area contributed by atoms with Crippen LogP contribution in [0.2, 0.25) is 0 Å². The number of hydrogen-bond donors (Lipinski definition) is 2. The molecule has 0 saturated carbocycles. The lowest BCUT2D eigenvalue weighted by Crippen LogP contribution is -2.43. The largest absolute Gasteiger partial charge is 0.494 e. The molecule has 0 spiro atoms. The fourth-order valence-electron chi connectivity index (χ4n) is 1.97. The molecule has 24 heavy (non-hydrogen) atoms. The standard InChI is InChI=1S/C18H26O6/c1-5-23-14-9-6-13(7-10-14)8-11-15(19)24-18(22-4)17(21)16(20)12(2)3/h6-12,16-18,20-21H,5H2,1-4H3/b11-8+/t16-,17+,18?/m1/s1. The Bertz CT molecular complexity index is 523. The summed E-state index contributed by atoms with van der Waals surface area (Å²) in [5.41, 5.74) is 0.798. The van der Waals surface area contributed by atoms with Crippen LogP contribution in [0.3, 0.4) is 0 Å². The zero-order chi connectivity index (χ0) is 18.1. The fraction of sp³-hybridized carbons (Fsp3) is 0.500. The van der Waals surface area contributed by atoms with Crippen LogP contribution in [-0.4, -0.2) is 48.4 Å². The van der Waals surface area contributed by atoms with Gasteiger partial charge in [-0.05, 0) is 36.6 Å². The van der Waals surface area contributed by atoms with E-state index in [0.717, 1.165) is 11.3 Å². The summed E-state index contributed by atoms with van der Waals surface area (Å²) in [6.45, 7) is 5.98. The van der Waals surface area contributed by atoms with E-state index in [4.69, 9.17) is 14.2 Å². The molecule has 0 aromatic heterocycles. The van der Waals surface area contributed by atoms with Gasteiger partial charge in [0.1, 0.15) is 11.9 Å². The first-order valence-electron chi connectivity index (χ1n) is 7.89. The third kappa shape index (κ3) is 6.31. The minimum atomic E-state index is -1.32. The lowest BCUT2D eigenvalue weighted by Gasteiger charge is -2.27. The monoisotopic (exact) mass is 338 g/mol. The van der Waals surface area contributed by atoms with Crippen LogP contribution in [0.25, 0.3) is 6.08 Å². The van der Waals surface area contributed by atoms with Crippen molar-refractivity contribution in [1.82, 2.24) is 0 Å². The van der Waals surface area contributed by atoms with E-state index < -0.39 is 24.5 Å². The van der Waals surface area contributed by atoms with Crippen LogP contribution in [-0.2, 0) is 14.3 Å². The van der Waals surface area contributed by atoms with Crippen molar-refractivity contribution in [2.24, 2.45) is 5.92 Å². The summed E-state index contributed by atoms with van der Waals surface area (Å²) >= 11 is 0. The molecule has 3 atom stereocenters. The first-order chi connectivity index (χ1) is 11.4. The summed E-state index contributed by atoms with van der Waals surface area (Å²) in [6, 6.07) is 7.21. The Hall–Kier alpha value is -1.89. The zero-order valence-electron chi connectivity index (χ0n) is 14.5. The Kier molecular flexibility index (Phi) is 8.46. The molecule has 6 heteroatoms. The number of methoxy groups -OCH3 is 1. The molecule has 0 fully saturated rings. The van der Waals surface area contributed by atoms with Gasteiger partial charge in [0.15, 0.2) is 0 Å². The Labute approximate surface area is 142 Å². The molecule has 0 bridgehead atoms. The highest BCUT2D eigenvalue weighted by Crippen LogP contribution is 2.15. The van der Waals surface area contributed by atoms with Gasteiger partial charge >= 0.3 is 5.97 Å². The van der Waals surface area contributed by atoms with Crippen LogP contribution in [0.5, 0.6) is 5.75 Å². The Balaban J connectivity index is 2.62. The van der Waals surface area contributed by atoms with E-state index in [1.165, 1.54) is 13.2 Å². The van der Waals surface area contributed by atoms with Crippen molar-refractivity contribution in [2.45, 2.75) is 39.3 Å². The molecule has 0 amide bonds. The minimum absolute atomic E-state index is 0.198. The van der Waals surface area contributed by atoms with E-state index >= 15 is 0 Å². The third-order valence-corrected chi connectivity index (χ3v) is 3.38. The normalized spacial score (nSPS) is 15.3. The fourth-order valence-corrected chi connectivity index (χ4v) is 1.97. The number of ether oxygens (including phenoxy) is 3. The summed E-state index contributed by atoms with van der Waals surface area (Å²) in [6.07, 6.45) is -0.804. The van der Waals surface area contributed by atoms with Gasteiger partial charge in [-0.15, -0.1) is 0 Å². The molecule has 0 heterocycles. The van der Waals surface area contributed by atoms with Crippen LogP contribution in [0.1, 0.15) is 26.3 Å². The number of benzene rings is 1. The van der Waals surface area contributed by atoms with Crippen LogP contribution >= 0.6 is 0 Å². The number of carbonyl (C=O) groups excluding carboxylic acids is 1. The van der Waals surface area contributed by atoms with Gasteiger partial charge in [0, 0.05) is 13.2 Å². The molecule has 0 aliphatic rings. The van der Waals surface area contributed by atoms with Gasteiger partial charge in [-0.25, -0.2) is 4.79 Å². The molecule has 1 unspecified atom stereocenters. The average molecular weight is 338 g/mol. The van der Waals surface area contributed by atoms with E-state index in [0.29, 0.717) is 6.61 Å². The molecule has 0 aliphatic carbocycles. The van der Waals surface area contributed by atoms with E-state index in [-0.39, 0.29) is 5.92 Å². The molecule has 2 N–H and O–H groups in total. The summed E-state index contributed by atoms with van der Waals surface area (Å²) in [5.74, 6) is -0.121. The van der Waals surface area contributed by atoms with Crippen molar-refractivity contribution >= 4 is 12.0 Å². The van der Waals surface area contributed by atoms with Gasteiger partial charge < -0.3 is 24.4 Å². The number of aliphatic hydroxyl groups excluding tert-OH is 2. The van der Waals surface area contributed by atoms with E-state index in [2.05, 4.69) is 0 Å². The van der Waals surface area contributed by atoms with Crippen molar-refractivity contribution in [3.8, 4) is 5.75 Å². The highest BCUT2D eigenvalue weighted by molar-refractivity contribution is 5.87. The molecular weight excluding hydrogens is 312 g/mol. The van der Waals surface area contributed by atoms with Gasteiger partial charge in [-0.1, -0.05) is 26.0 Å². The number of rotatable bonds is 9. The van der Waals surface area contributed by atoms with Crippen LogP contribution in [0.15, 0.2) is 30.3 Å². The number of carbonyl (C=O) groups is 1. The van der Waals surface area contributed by atoms with Crippen molar-refractivity contribution in [1.29, 1.82) is 0 Å². The third-order valence-electron chi connectivity index (χ3n) is 3.38. The molecule has 134 valence electrons. The van der Waals surface area contributed by atoms with Crippen LogP contribution in [0, 0.1) is 5.92 Å². The van der Waals surface area contributed by atoms with E-state index in [1.807, 2.05) is 6.92 Å². The van der Waals surface area contributed by atoms with E-state index in [1.54, 1.807) is 44.2 Å². The Morgan fingerprint density at radius 3 is 2.29 bits per heavy atom. The number of hydrogen-bond acceptors (Lipinski definition) is 6. The second kappa shape index (κ2) is 10.1. The van der Waals surface area contributed by atoms with Crippen LogP contribution in [0.4, 0.5) is 0 Å². The summed E-state index contributed by atoms with van der Waals surface area (Å²) in [7, 11) is 1.30. The second-order valence-corrected chi connectivity index (χ2v) is 5.60. The molecule has 0 saturated heterocycles. The maximum Gasteiger partial charge on any atom is 0.333 e. The average Bonchev–Trinajstić information content (AvgIpc) is 2.58. The highest BCUT2D eigenvalue weighted by Gasteiger charge is 2.30. The zero-order valence-corrected chi connectivity index (χ0v) is 14.5. The van der Waals surface area contributed by atoms with Gasteiger partial charge in [-0.2, -0.15) is 0 Å². The maximum absolute atomic E-state index is 11.8. The molecule has 6 nitrogen and oxygen atoms in total. The van der Waals surface area contributed by atoms with Crippen molar-refractivity contribution < 1.29 is 29.2 Å². The highest BCUT2D eigenvalue weighted by atomic mass is 16.7. The SMILES string of the molecule is CCOc1ccc(/C=C/C(=O)OC(OC)[C@@H](O)[C@H](O)C(C)C)cc1. The van der Waals surface area contributed by atoms with Crippen LogP contribution < -0.4 is 4.74 Å². The summed E-state index contributed by atoms with van der Waals surface area (Å²) in [5, 5.41) is 19.8. The lowest BCUT2D eigenvalue weighted by molar-refractivity contribution is -0.207. The molecule has 1 aromatic rings. The lowest BCUT2D eigenvalue weighted by atomic mass is 10.0. The minimum Gasteiger partial charge on any atom is -0.494 e. The summed E-state index contributed by atoms with van der Waals surface area (Å²) in [4.78, 5) is 11.8. The predicted octanol–water partition coefficient (Wildman–Crippen LogP) is 1.99. The first-order valence-corrected chi connectivity index (χ1v) is 7.89. The Morgan fingerprint density at radius 2 is 1.79 bits per heavy atom. The van der Waals surface area contributed by atoms with Gasteiger partial charge in [-0.3, -0.25) is 0 Å². The quantitative estimate of drug-likeness (QED) is 0.407. The summed E-state index contributed by atoms with van der Waals surface area (Å²) < 4.78 is 15.3. The molecule has 1 aromatic carbocycles. The van der Waals surface area contributed by atoms with E-state index in [9.17, 15) is 15.0 Å². The first kappa shape index (κ1) is 20.2. The molecular formula is C18H26O6. The van der Waals surface area contributed by atoms with Gasteiger partial charge in [0.25, 0.3) is 0 Å². The number of aliphatic hydroxyl groups is 2. The predicted molar refractivity (Wildman–Crippen MR) is 90.4 cm³/mol. The van der Waals surface area contributed by atoms with Gasteiger partial charge in [0.05, 0.1) is 12.7 Å².